The molecule has 0 bridgehead atoms. The molecule has 3 aromatic rings. The first-order valence-corrected chi connectivity index (χ1v) is 21.1. The van der Waals surface area contributed by atoms with Crippen molar-refractivity contribution in [1.82, 2.24) is 0 Å². The average molecular weight is 843 g/mol. The molecule has 6 rings (SSSR count). The van der Waals surface area contributed by atoms with Gasteiger partial charge in [-0.1, -0.05) is 129 Å². The average Bonchev–Trinajstić information content (AvgIpc) is 3.29. The van der Waals surface area contributed by atoms with E-state index in [0.717, 1.165) is 16.7 Å². The number of esters is 1. The van der Waals surface area contributed by atoms with Crippen LogP contribution in [-0.4, -0.2) is 92.7 Å². The van der Waals surface area contributed by atoms with Crippen molar-refractivity contribution < 1.29 is 47.4 Å². The van der Waals surface area contributed by atoms with E-state index in [1.54, 1.807) is 0 Å². The summed E-state index contributed by atoms with van der Waals surface area (Å²) in [6.07, 6.45) is -7.89. The smallest absolute Gasteiger partial charge is 0.337 e. The molecule has 0 amide bonds. The molecule has 3 aromatic carbocycles. The van der Waals surface area contributed by atoms with Crippen LogP contribution in [0.2, 0.25) is 0 Å². The van der Waals surface area contributed by atoms with Crippen molar-refractivity contribution in [3.05, 3.63) is 129 Å². The Labute approximate surface area is 357 Å². The highest BCUT2D eigenvalue weighted by Crippen LogP contribution is 2.40. The van der Waals surface area contributed by atoms with Gasteiger partial charge in [-0.15, -0.1) is 0 Å². The van der Waals surface area contributed by atoms with E-state index < -0.39 is 79.3 Å². The first-order valence-electron chi connectivity index (χ1n) is 21.1. The number of hydrogen-bond acceptors (Lipinski definition) is 12. The van der Waals surface area contributed by atoms with Crippen LogP contribution in [0.4, 0.5) is 0 Å². The highest BCUT2D eigenvalue weighted by molar-refractivity contribution is 5.75. The van der Waals surface area contributed by atoms with Crippen LogP contribution in [0.5, 0.6) is 0 Å². The van der Waals surface area contributed by atoms with Crippen molar-refractivity contribution in [3.8, 4) is 0 Å². The molecule has 0 aromatic heterocycles. The Kier molecular flexibility index (Phi) is 16.9. The van der Waals surface area contributed by atoms with Crippen LogP contribution in [-0.2, 0) is 67.2 Å². The molecule has 328 valence electrons. The maximum atomic E-state index is 13.9. The fraction of sp³-hybridized carbons (Fsp3) is 0.578. The van der Waals surface area contributed by atoms with Gasteiger partial charge in [0.1, 0.15) is 24.4 Å². The molecule has 16 nitrogen and oxygen atoms in total. The summed E-state index contributed by atoms with van der Waals surface area (Å²) in [6, 6.07) is 27.4. The molecule has 0 N–H and O–H groups in total. The molecule has 3 aliphatic heterocycles. The minimum atomic E-state index is -1.38. The molecule has 61 heavy (non-hydrogen) atoms. The number of methoxy groups -OCH3 is 1. The van der Waals surface area contributed by atoms with E-state index in [4.69, 9.17) is 42.6 Å². The molecule has 0 saturated carbocycles. The van der Waals surface area contributed by atoms with Crippen molar-refractivity contribution in [3.63, 3.8) is 0 Å². The number of nitrogens with zero attached hydrogens (tertiary/aromatic N) is 6. The molecule has 16 heteroatoms. The Hall–Kier alpha value is -4.57. The minimum absolute atomic E-state index is 0.161. The summed E-state index contributed by atoms with van der Waals surface area (Å²) < 4.78 is 58.5. The van der Waals surface area contributed by atoms with Gasteiger partial charge in [0.2, 0.25) is 0 Å². The molecule has 0 aliphatic carbocycles. The van der Waals surface area contributed by atoms with Gasteiger partial charge >= 0.3 is 5.97 Å². The van der Waals surface area contributed by atoms with Crippen molar-refractivity contribution >= 4 is 5.97 Å². The molecule has 15 atom stereocenters. The Morgan fingerprint density at radius 2 is 1.07 bits per heavy atom. The Morgan fingerprint density at radius 3 is 1.57 bits per heavy atom. The summed E-state index contributed by atoms with van der Waals surface area (Å²) in [7, 11) is 1.27. The molecular weight excluding hydrogens is 785 g/mol. The Morgan fingerprint density at radius 1 is 0.590 bits per heavy atom. The Balaban J connectivity index is 1.35. The third-order valence-electron chi connectivity index (χ3n) is 11.8. The standard InChI is InChI=1S/C45H58N6O10/c1-7-33-37(27(3)35(48-50-46)29(5)57-33)59-44-28(4)38(54-24-30-18-12-9-13-19-30)41(42(61-44)43(52)53-6)60-45-36(49-51-47)40(56-26-32-22-16-11-17-23-32)39(34(8-2)58-45)55-25-31-20-14-10-15-21-31/h9-23,27-29,33-42,44-45H,7-8,24-26H2,1-6H3/t27?,28?,29-,33?,34?,35+,36?,37+,38+,39-,40+,41+,42?,44+,45-/m0/s1. The zero-order valence-corrected chi connectivity index (χ0v) is 35.6. The quantitative estimate of drug-likeness (QED) is 0.0519. The van der Waals surface area contributed by atoms with Crippen LogP contribution < -0.4 is 0 Å². The summed E-state index contributed by atoms with van der Waals surface area (Å²) in [5, 5.41) is 8.27. The van der Waals surface area contributed by atoms with Gasteiger partial charge in [0.05, 0.1) is 63.5 Å². The van der Waals surface area contributed by atoms with Crippen molar-refractivity contribution in [2.24, 2.45) is 22.1 Å². The second kappa shape index (κ2) is 22.5. The van der Waals surface area contributed by atoms with E-state index >= 15 is 0 Å². The summed E-state index contributed by atoms with van der Waals surface area (Å²) in [5.74, 6) is -1.55. The zero-order valence-electron chi connectivity index (χ0n) is 35.6. The predicted molar refractivity (Wildman–Crippen MR) is 223 cm³/mol. The van der Waals surface area contributed by atoms with Crippen LogP contribution in [0.3, 0.4) is 0 Å². The number of carbonyl (C=O) groups is 1. The number of carbonyl (C=O) groups excluding carboxylic acids is 1. The minimum Gasteiger partial charge on any atom is -0.467 e. The summed E-state index contributed by atoms with van der Waals surface area (Å²) in [5.41, 5.74) is 22.2. The van der Waals surface area contributed by atoms with Crippen LogP contribution in [0, 0.1) is 11.8 Å². The van der Waals surface area contributed by atoms with E-state index in [9.17, 15) is 15.9 Å². The SMILES string of the molecule is CCC1O[C@@H](C)[C@H](N=[N+]=[N-])C(C)[C@H]1O[C@@H]1OC(C(=O)OC)[C@H](O[C@@H]2OC(CC)[C@H](OCc3ccccc3)[C@H](OCc3ccccc3)C2N=[N+]=[N-])[C@H](OCc2ccccc2)C1C. The van der Waals surface area contributed by atoms with E-state index in [0.29, 0.717) is 12.8 Å². The highest BCUT2D eigenvalue weighted by Gasteiger charge is 2.55. The molecule has 3 aliphatic rings. The summed E-state index contributed by atoms with van der Waals surface area (Å²) >= 11 is 0. The lowest BCUT2D eigenvalue weighted by Crippen LogP contribution is -2.64. The number of azide groups is 2. The van der Waals surface area contributed by atoms with Crippen molar-refractivity contribution in [2.45, 2.75) is 147 Å². The molecule has 3 saturated heterocycles. The van der Waals surface area contributed by atoms with Crippen LogP contribution >= 0.6 is 0 Å². The maximum Gasteiger partial charge on any atom is 0.337 e. The lowest BCUT2D eigenvalue weighted by molar-refractivity contribution is -0.350. The molecule has 0 spiro atoms. The fourth-order valence-corrected chi connectivity index (χ4v) is 8.54. The number of hydrogen-bond donors (Lipinski definition) is 0. The van der Waals surface area contributed by atoms with Gasteiger partial charge in [0, 0.05) is 15.7 Å². The number of ether oxygens (including phenoxy) is 9. The van der Waals surface area contributed by atoms with Gasteiger partial charge in [-0.05, 0) is 53.4 Å². The van der Waals surface area contributed by atoms with Gasteiger partial charge < -0.3 is 42.6 Å². The first-order chi connectivity index (χ1) is 29.7. The first kappa shape index (κ1) is 45.9. The van der Waals surface area contributed by atoms with E-state index in [1.165, 1.54) is 7.11 Å². The third kappa shape index (κ3) is 11.3. The number of rotatable bonds is 18. The highest BCUT2D eigenvalue weighted by atomic mass is 16.7. The van der Waals surface area contributed by atoms with Gasteiger partial charge in [-0.2, -0.15) is 0 Å². The van der Waals surface area contributed by atoms with E-state index in [2.05, 4.69) is 20.1 Å². The topological polar surface area (TPSA) is 198 Å². The predicted octanol–water partition coefficient (Wildman–Crippen LogP) is 8.37. The van der Waals surface area contributed by atoms with E-state index in [1.807, 2.05) is 126 Å². The van der Waals surface area contributed by atoms with Gasteiger partial charge in [-0.25, -0.2) is 4.79 Å². The van der Waals surface area contributed by atoms with E-state index in [-0.39, 0.29) is 37.9 Å². The molecule has 3 fully saturated rings. The van der Waals surface area contributed by atoms with Crippen LogP contribution in [0.15, 0.2) is 101 Å². The van der Waals surface area contributed by atoms with Crippen molar-refractivity contribution in [2.75, 3.05) is 7.11 Å². The lowest BCUT2D eigenvalue weighted by atomic mass is 9.85. The largest absolute Gasteiger partial charge is 0.467 e. The van der Waals surface area contributed by atoms with Gasteiger partial charge in [0.15, 0.2) is 18.7 Å². The molecule has 3 heterocycles. The lowest BCUT2D eigenvalue weighted by Gasteiger charge is -2.50. The normalized spacial score (nSPS) is 33.8. The summed E-state index contributed by atoms with van der Waals surface area (Å²) in [4.78, 5) is 20.2. The summed E-state index contributed by atoms with van der Waals surface area (Å²) in [6.45, 7) is 10.3. The second-order valence-corrected chi connectivity index (χ2v) is 15.8. The number of benzene rings is 3. The van der Waals surface area contributed by atoms with Gasteiger partial charge in [-0.3, -0.25) is 0 Å². The van der Waals surface area contributed by atoms with Gasteiger partial charge in [0.25, 0.3) is 0 Å². The maximum absolute atomic E-state index is 13.9. The second-order valence-electron chi connectivity index (χ2n) is 15.8. The van der Waals surface area contributed by atoms with Crippen molar-refractivity contribution in [1.29, 1.82) is 0 Å². The zero-order chi connectivity index (χ0) is 43.3. The van der Waals surface area contributed by atoms with Crippen LogP contribution in [0.1, 0.15) is 64.2 Å². The fourth-order valence-electron chi connectivity index (χ4n) is 8.54. The molecule has 0 radical (unpaired) electrons. The Bertz CT molecular complexity index is 1910. The third-order valence-corrected chi connectivity index (χ3v) is 11.8. The van der Waals surface area contributed by atoms with Crippen LogP contribution in [0.25, 0.3) is 20.9 Å². The monoisotopic (exact) mass is 842 g/mol. The molecular formula is C45H58N6O10. The molecule has 6 unspecified atom stereocenters.